The highest BCUT2D eigenvalue weighted by Gasteiger charge is 2.31. The maximum atomic E-state index is 12.8. The van der Waals surface area contributed by atoms with Crippen molar-refractivity contribution >= 4 is 21.4 Å². The van der Waals surface area contributed by atoms with Crippen molar-refractivity contribution in [2.45, 2.75) is 18.2 Å². The molecule has 2 aromatic carbocycles. The van der Waals surface area contributed by atoms with Gasteiger partial charge in [0.2, 0.25) is 0 Å². The van der Waals surface area contributed by atoms with Crippen LogP contribution in [-0.4, -0.2) is 15.0 Å². The largest absolute Gasteiger partial charge is 0.399 e. The summed E-state index contributed by atoms with van der Waals surface area (Å²) in [6, 6.07) is 12.5. The van der Waals surface area contributed by atoms with E-state index in [1.807, 2.05) is 31.2 Å². The normalized spacial score (nSPS) is 14.3. The van der Waals surface area contributed by atoms with E-state index in [0.717, 1.165) is 17.5 Å². The fraction of sp³-hybridized carbons (Fsp3) is 0.200. The van der Waals surface area contributed by atoms with Crippen LogP contribution in [0.15, 0.2) is 47.4 Å². The summed E-state index contributed by atoms with van der Waals surface area (Å²) in [4.78, 5) is 0.357. The molecule has 0 aromatic heterocycles. The van der Waals surface area contributed by atoms with Crippen molar-refractivity contribution in [2.75, 3.05) is 16.6 Å². The summed E-state index contributed by atoms with van der Waals surface area (Å²) in [5, 5.41) is 0. The van der Waals surface area contributed by atoms with Crippen molar-refractivity contribution in [1.29, 1.82) is 0 Å². The van der Waals surface area contributed by atoms with Gasteiger partial charge in [0.15, 0.2) is 0 Å². The number of nitrogen functional groups attached to an aromatic ring is 1. The molecule has 0 fully saturated rings. The molecule has 0 saturated heterocycles. The molecular weight excluding hydrogens is 272 g/mol. The minimum absolute atomic E-state index is 0.357. The Labute approximate surface area is 118 Å². The number of anilines is 2. The summed E-state index contributed by atoms with van der Waals surface area (Å²) >= 11 is 0. The summed E-state index contributed by atoms with van der Waals surface area (Å²) in [6.45, 7) is 2.28. The maximum Gasteiger partial charge on any atom is 0.264 e. The van der Waals surface area contributed by atoms with E-state index in [-0.39, 0.29) is 0 Å². The van der Waals surface area contributed by atoms with E-state index in [1.54, 1.807) is 18.2 Å². The van der Waals surface area contributed by atoms with Crippen LogP contribution in [0.3, 0.4) is 0 Å². The molecule has 0 atom stereocenters. The van der Waals surface area contributed by atoms with Gasteiger partial charge in [-0.2, -0.15) is 0 Å². The molecule has 5 heteroatoms. The minimum atomic E-state index is -3.52. The van der Waals surface area contributed by atoms with E-state index in [0.29, 0.717) is 22.8 Å². The van der Waals surface area contributed by atoms with Crippen molar-refractivity contribution in [3.05, 3.63) is 53.6 Å². The molecule has 0 aliphatic carbocycles. The lowest BCUT2D eigenvalue weighted by Gasteiger charge is -2.21. The molecule has 0 unspecified atom stereocenters. The molecule has 20 heavy (non-hydrogen) atoms. The quantitative estimate of drug-likeness (QED) is 0.863. The zero-order valence-corrected chi connectivity index (χ0v) is 12.0. The highest BCUT2D eigenvalue weighted by atomic mass is 32.2. The number of hydrogen-bond acceptors (Lipinski definition) is 3. The Morgan fingerprint density at radius 2 is 1.90 bits per heavy atom. The first-order valence-corrected chi connectivity index (χ1v) is 7.91. The molecule has 4 nitrogen and oxygen atoms in total. The summed E-state index contributed by atoms with van der Waals surface area (Å²) in [7, 11) is -3.52. The van der Waals surface area contributed by atoms with Gasteiger partial charge in [-0.15, -0.1) is 0 Å². The number of hydrogen-bond donors (Lipinski definition) is 1. The minimum Gasteiger partial charge on any atom is -0.399 e. The van der Waals surface area contributed by atoms with E-state index >= 15 is 0 Å². The van der Waals surface area contributed by atoms with Crippen LogP contribution >= 0.6 is 0 Å². The Hall–Kier alpha value is -2.01. The summed E-state index contributed by atoms with van der Waals surface area (Å²) in [5.74, 6) is 0. The number of fused-ring (bicyclic) bond motifs is 1. The van der Waals surface area contributed by atoms with Crippen molar-refractivity contribution < 1.29 is 8.42 Å². The van der Waals surface area contributed by atoms with Crippen LogP contribution in [0.4, 0.5) is 11.4 Å². The highest BCUT2D eigenvalue weighted by molar-refractivity contribution is 7.93. The molecular formula is C15H16N2O2S. The van der Waals surface area contributed by atoms with Gasteiger partial charge < -0.3 is 5.73 Å². The van der Waals surface area contributed by atoms with Gasteiger partial charge in [0.05, 0.1) is 10.6 Å². The Balaban J connectivity index is 2.12. The van der Waals surface area contributed by atoms with Gasteiger partial charge in [-0.1, -0.05) is 24.3 Å². The number of benzene rings is 2. The van der Waals surface area contributed by atoms with Crippen LogP contribution in [0.5, 0.6) is 0 Å². The zero-order valence-electron chi connectivity index (χ0n) is 11.2. The third kappa shape index (κ3) is 1.94. The van der Waals surface area contributed by atoms with Gasteiger partial charge in [0.1, 0.15) is 0 Å². The molecule has 1 aliphatic heterocycles. The summed E-state index contributed by atoms with van der Waals surface area (Å²) < 4.78 is 27.1. The van der Waals surface area contributed by atoms with Gasteiger partial charge in [0, 0.05) is 12.2 Å². The third-order valence-electron chi connectivity index (χ3n) is 3.62. The zero-order chi connectivity index (χ0) is 14.3. The number of aryl methyl sites for hydroxylation is 1. The Morgan fingerprint density at radius 1 is 1.15 bits per heavy atom. The number of rotatable bonds is 2. The first-order chi connectivity index (χ1) is 9.50. The van der Waals surface area contributed by atoms with Crippen LogP contribution in [-0.2, 0) is 16.4 Å². The average molecular weight is 288 g/mol. The molecule has 1 heterocycles. The lowest BCUT2D eigenvalue weighted by atomic mass is 10.1. The van der Waals surface area contributed by atoms with Crippen molar-refractivity contribution in [1.82, 2.24) is 0 Å². The van der Waals surface area contributed by atoms with Crippen LogP contribution < -0.4 is 10.0 Å². The monoisotopic (exact) mass is 288 g/mol. The third-order valence-corrected chi connectivity index (χ3v) is 5.60. The van der Waals surface area contributed by atoms with Gasteiger partial charge in [-0.25, -0.2) is 8.42 Å². The smallest absolute Gasteiger partial charge is 0.264 e. The van der Waals surface area contributed by atoms with E-state index in [9.17, 15) is 8.42 Å². The predicted molar refractivity (Wildman–Crippen MR) is 80.3 cm³/mol. The fourth-order valence-corrected chi connectivity index (χ4v) is 4.30. The molecule has 0 amide bonds. The molecule has 104 valence electrons. The van der Waals surface area contributed by atoms with Crippen LogP contribution in [0.1, 0.15) is 11.1 Å². The number of sulfonamides is 1. The van der Waals surface area contributed by atoms with E-state index in [4.69, 9.17) is 5.73 Å². The lowest BCUT2D eigenvalue weighted by Crippen LogP contribution is -2.29. The molecule has 2 aromatic rings. The summed E-state index contributed by atoms with van der Waals surface area (Å²) in [6.07, 6.45) is 0.723. The second-order valence-electron chi connectivity index (χ2n) is 4.98. The molecule has 1 aliphatic rings. The molecule has 0 spiro atoms. The molecule has 0 bridgehead atoms. The van der Waals surface area contributed by atoms with Gasteiger partial charge in [-0.3, -0.25) is 4.31 Å². The van der Waals surface area contributed by atoms with Crippen molar-refractivity contribution in [2.24, 2.45) is 0 Å². The topological polar surface area (TPSA) is 63.4 Å². The van der Waals surface area contributed by atoms with Crippen molar-refractivity contribution in [3.63, 3.8) is 0 Å². The second-order valence-corrected chi connectivity index (χ2v) is 6.81. The lowest BCUT2D eigenvalue weighted by molar-refractivity contribution is 0.591. The highest BCUT2D eigenvalue weighted by Crippen LogP contribution is 2.34. The number of nitrogens with zero attached hydrogens (tertiary/aromatic N) is 1. The van der Waals surface area contributed by atoms with Crippen molar-refractivity contribution in [3.8, 4) is 0 Å². The SMILES string of the molecule is Cc1ccccc1S(=O)(=O)N1CCc2ccc(N)cc21. The fourth-order valence-electron chi connectivity index (χ4n) is 2.58. The Bertz CT molecular complexity index is 769. The maximum absolute atomic E-state index is 12.8. The molecule has 3 rings (SSSR count). The number of nitrogens with two attached hydrogens (primary N) is 1. The van der Waals surface area contributed by atoms with Gasteiger partial charge in [0.25, 0.3) is 10.0 Å². The van der Waals surface area contributed by atoms with E-state index in [2.05, 4.69) is 0 Å². The van der Waals surface area contributed by atoms with Gasteiger partial charge >= 0.3 is 0 Å². The Morgan fingerprint density at radius 3 is 2.65 bits per heavy atom. The molecule has 0 radical (unpaired) electrons. The first-order valence-electron chi connectivity index (χ1n) is 6.47. The Kier molecular flexibility index (Phi) is 2.94. The molecule has 0 saturated carbocycles. The summed E-state index contributed by atoms with van der Waals surface area (Å²) in [5.41, 5.74) is 8.84. The standard InChI is InChI=1S/C15H16N2O2S/c1-11-4-2-3-5-15(11)20(18,19)17-9-8-12-6-7-13(16)10-14(12)17/h2-7,10H,8-9,16H2,1H3. The van der Waals surface area contributed by atoms with Crippen LogP contribution in [0.25, 0.3) is 0 Å². The van der Waals surface area contributed by atoms with E-state index in [1.165, 1.54) is 4.31 Å². The van der Waals surface area contributed by atoms with E-state index < -0.39 is 10.0 Å². The first kappa shape index (κ1) is 13.0. The second kappa shape index (κ2) is 4.52. The molecule has 2 N–H and O–H groups in total. The average Bonchev–Trinajstić information content (AvgIpc) is 2.82. The van der Waals surface area contributed by atoms with Crippen LogP contribution in [0, 0.1) is 6.92 Å². The predicted octanol–water partition coefficient (Wildman–Crippen LogP) is 2.33. The van der Waals surface area contributed by atoms with Gasteiger partial charge in [-0.05, 0) is 42.7 Å². The van der Waals surface area contributed by atoms with Crippen LogP contribution in [0.2, 0.25) is 0 Å².